The van der Waals surface area contributed by atoms with Gasteiger partial charge in [0.15, 0.2) is 0 Å². The minimum Gasteiger partial charge on any atom is -0.397 e. The highest BCUT2D eigenvalue weighted by atomic mass is 14.7. The largest absolute Gasteiger partial charge is 0.397 e. The number of aromatic nitrogens is 1. The molecular weight excluding hydrogens is 172 g/mol. The molecule has 0 aliphatic heterocycles. The zero-order valence-electron chi connectivity index (χ0n) is 7.70. The lowest BCUT2D eigenvalue weighted by Crippen LogP contribution is -1.91. The van der Waals surface area contributed by atoms with Crippen LogP contribution in [0.25, 0.3) is 11.1 Å². The number of hydrogen-bond acceptors (Lipinski definition) is 2. The van der Waals surface area contributed by atoms with Gasteiger partial charge in [-0.05, 0) is 16.7 Å². The van der Waals surface area contributed by atoms with Crippen LogP contribution in [0.3, 0.4) is 0 Å². The van der Waals surface area contributed by atoms with Crippen LogP contribution in [0.15, 0.2) is 36.7 Å². The molecule has 0 saturated carbocycles. The Bertz CT molecular complexity index is 503. The van der Waals surface area contributed by atoms with Crippen LogP contribution < -0.4 is 5.73 Å². The van der Waals surface area contributed by atoms with E-state index in [1.54, 1.807) is 6.20 Å². The molecule has 14 heavy (non-hydrogen) atoms. The predicted molar refractivity (Wildman–Crippen MR) is 56.9 cm³/mol. The average Bonchev–Trinajstić information content (AvgIpc) is 2.57. The predicted octanol–water partition coefficient (Wildman–Crippen LogP) is 2.24. The van der Waals surface area contributed by atoms with Gasteiger partial charge in [0.25, 0.3) is 0 Å². The molecule has 68 valence electrons. The summed E-state index contributed by atoms with van der Waals surface area (Å²) < 4.78 is 0. The van der Waals surface area contributed by atoms with Crippen LogP contribution in [0, 0.1) is 0 Å². The lowest BCUT2D eigenvalue weighted by Gasteiger charge is -2.03. The number of nitrogens with two attached hydrogens (primary N) is 1. The van der Waals surface area contributed by atoms with Crippen molar-refractivity contribution in [1.29, 1.82) is 0 Å². The Morgan fingerprint density at radius 2 is 1.93 bits per heavy atom. The molecule has 3 rings (SSSR count). The molecule has 0 spiro atoms. The summed E-state index contributed by atoms with van der Waals surface area (Å²) in [5.41, 5.74) is 11.7. The first-order valence-corrected chi connectivity index (χ1v) is 4.67. The summed E-state index contributed by atoms with van der Waals surface area (Å²) in [5, 5.41) is 0. The first kappa shape index (κ1) is 7.56. The molecule has 2 heteroatoms. The molecule has 0 saturated heterocycles. The van der Waals surface area contributed by atoms with E-state index in [-0.39, 0.29) is 0 Å². The number of benzene rings is 1. The van der Waals surface area contributed by atoms with E-state index in [0.29, 0.717) is 0 Å². The van der Waals surface area contributed by atoms with Gasteiger partial charge in [-0.25, -0.2) is 0 Å². The molecule has 2 aromatic rings. The molecule has 0 amide bonds. The molecule has 0 fully saturated rings. The summed E-state index contributed by atoms with van der Waals surface area (Å²) in [6, 6.07) is 8.38. The molecule has 2 N–H and O–H groups in total. The fourth-order valence-electron chi connectivity index (χ4n) is 2.11. The maximum atomic E-state index is 5.92. The number of nitrogen functional groups attached to an aromatic ring is 1. The number of anilines is 1. The normalized spacial score (nSPS) is 12.3. The summed E-state index contributed by atoms with van der Waals surface area (Å²) in [4.78, 5) is 4.11. The summed E-state index contributed by atoms with van der Waals surface area (Å²) in [5.74, 6) is 0. The van der Waals surface area contributed by atoms with Crippen molar-refractivity contribution < 1.29 is 0 Å². The standard InChI is InChI=1S/C12H10N2/c13-11-7-14-6-9-5-8-3-1-2-4-10(8)12(9)11/h1-4,6-7H,5,13H2. The Kier molecular flexibility index (Phi) is 1.39. The zero-order valence-corrected chi connectivity index (χ0v) is 7.70. The van der Waals surface area contributed by atoms with Crippen molar-refractivity contribution in [2.75, 3.05) is 5.73 Å². The summed E-state index contributed by atoms with van der Waals surface area (Å²) in [6.07, 6.45) is 4.59. The number of pyridine rings is 1. The van der Waals surface area contributed by atoms with Crippen molar-refractivity contribution in [3.8, 4) is 11.1 Å². The highest BCUT2D eigenvalue weighted by molar-refractivity contribution is 5.84. The van der Waals surface area contributed by atoms with E-state index in [1.165, 1.54) is 22.3 Å². The van der Waals surface area contributed by atoms with E-state index in [4.69, 9.17) is 5.73 Å². The fraction of sp³-hybridized carbons (Fsp3) is 0.0833. The van der Waals surface area contributed by atoms with Crippen molar-refractivity contribution in [3.63, 3.8) is 0 Å². The van der Waals surface area contributed by atoms with Crippen LogP contribution in [0.2, 0.25) is 0 Å². The van der Waals surface area contributed by atoms with Gasteiger partial charge in [0, 0.05) is 18.2 Å². The fourth-order valence-corrected chi connectivity index (χ4v) is 2.11. The van der Waals surface area contributed by atoms with Crippen molar-refractivity contribution in [2.24, 2.45) is 0 Å². The number of fused-ring (bicyclic) bond motifs is 3. The van der Waals surface area contributed by atoms with Crippen molar-refractivity contribution >= 4 is 5.69 Å². The summed E-state index contributed by atoms with van der Waals surface area (Å²) in [7, 11) is 0. The topological polar surface area (TPSA) is 38.9 Å². The van der Waals surface area contributed by atoms with Crippen molar-refractivity contribution in [2.45, 2.75) is 6.42 Å². The second-order valence-corrected chi connectivity index (χ2v) is 3.60. The zero-order chi connectivity index (χ0) is 9.54. The quantitative estimate of drug-likeness (QED) is 0.579. The van der Waals surface area contributed by atoms with Crippen LogP contribution in [0.1, 0.15) is 11.1 Å². The SMILES string of the molecule is Nc1cncc2c1-c1ccccc1C2. The Hall–Kier alpha value is -1.83. The second-order valence-electron chi connectivity index (χ2n) is 3.60. The first-order chi connectivity index (χ1) is 6.86. The van der Waals surface area contributed by atoms with E-state index in [9.17, 15) is 0 Å². The van der Waals surface area contributed by atoms with Crippen LogP contribution in [-0.2, 0) is 6.42 Å². The third-order valence-corrected chi connectivity index (χ3v) is 2.72. The van der Waals surface area contributed by atoms with E-state index < -0.39 is 0 Å². The maximum absolute atomic E-state index is 5.92. The van der Waals surface area contributed by atoms with E-state index in [2.05, 4.69) is 23.2 Å². The van der Waals surface area contributed by atoms with Gasteiger partial charge in [-0.1, -0.05) is 24.3 Å². The van der Waals surface area contributed by atoms with Gasteiger partial charge in [0.05, 0.1) is 11.9 Å². The maximum Gasteiger partial charge on any atom is 0.0583 e. The average molecular weight is 182 g/mol. The van der Waals surface area contributed by atoms with Gasteiger partial charge >= 0.3 is 0 Å². The highest BCUT2D eigenvalue weighted by Gasteiger charge is 2.19. The van der Waals surface area contributed by atoms with Gasteiger partial charge in [-0.15, -0.1) is 0 Å². The molecule has 0 bridgehead atoms. The van der Waals surface area contributed by atoms with E-state index >= 15 is 0 Å². The molecule has 1 aliphatic rings. The van der Waals surface area contributed by atoms with Gasteiger partial charge in [0.2, 0.25) is 0 Å². The van der Waals surface area contributed by atoms with Crippen LogP contribution in [0.5, 0.6) is 0 Å². The van der Waals surface area contributed by atoms with E-state index in [1.807, 2.05) is 12.3 Å². The molecule has 0 unspecified atom stereocenters. The summed E-state index contributed by atoms with van der Waals surface area (Å²) in [6.45, 7) is 0. The van der Waals surface area contributed by atoms with Gasteiger partial charge in [0.1, 0.15) is 0 Å². The highest BCUT2D eigenvalue weighted by Crippen LogP contribution is 2.39. The molecule has 0 atom stereocenters. The van der Waals surface area contributed by atoms with Crippen molar-refractivity contribution in [1.82, 2.24) is 4.98 Å². The lowest BCUT2D eigenvalue weighted by molar-refractivity contribution is 1.20. The molecular formula is C12H10N2. The molecule has 1 aromatic carbocycles. The van der Waals surface area contributed by atoms with Gasteiger partial charge < -0.3 is 5.73 Å². The summed E-state index contributed by atoms with van der Waals surface area (Å²) >= 11 is 0. The Labute approximate surface area is 82.4 Å². The van der Waals surface area contributed by atoms with Gasteiger partial charge in [-0.3, -0.25) is 4.98 Å². The monoisotopic (exact) mass is 182 g/mol. The van der Waals surface area contributed by atoms with Crippen LogP contribution in [-0.4, -0.2) is 4.98 Å². The Morgan fingerprint density at radius 3 is 2.86 bits per heavy atom. The first-order valence-electron chi connectivity index (χ1n) is 4.67. The molecule has 1 aliphatic carbocycles. The van der Waals surface area contributed by atoms with Gasteiger partial charge in [-0.2, -0.15) is 0 Å². The van der Waals surface area contributed by atoms with Crippen molar-refractivity contribution in [3.05, 3.63) is 47.8 Å². The van der Waals surface area contributed by atoms with Crippen LogP contribution in [0.4, 0.5) is 5.69 Å². The Morgan fingerprint density at radius 1 is 1.07 bits per heavy atom. The van der Waals surface area contributed by atoms with Crippen LogP contribution >= 0.6 is 0 Å². The lowest BCUT2D eigenvalue weighted by atomic mass is 10.1. The number of hydrogen-bond donors (Lipinski definition) is 1. The molecule has 2 nitrogen and oxygen atoms in total. The number of nitrogens with zero attached hydrogens (tertiary/aromatic N) is 1. The number of rotatable bonds is 0. The minimum atomic E-state index is 0.785. The van der Waals surface area contributed by atoms with E-state index in [0.717, 1.165) is 12.1 Å². The minimum absolute atomic E-state index is 0.785. The molecule has 1 aromatic heterocycles. The smallest absolute Gasteiger partial charge is 0.0583 e. The second kappa shape index (κ2) is 2.58. The third-order valence-electron chi connectivity index (χ3n) is 2.72. The molecule has 0 radical (unpaired) electrons. The third kappa shape index (κ3) is 0.880. The Balaban J connectivity index is 2.35. The molecule has 1 heterocycles.